The third kappa shape index (κ3) is 6.37. The SMILES string of the molecule is COCCCN=C1C=C(C(C#N)C(=O)OCCCO)CCC1. The molecule has 0 aromatic heterocycles. The first kappa shape index (κ1) is 18.3. The molecule has 0 radical (unpaired) electrons. The number of aliphatic hydroxyl groups excluding tert-OH is 1. The van der Waals surface area contributed by atoms with Crippen LogP contribution in [-0.2, 0) is 14.3 Å². The largest absolute Gasteiger partial charge is 0.464 e. The zero-order valence-corrected chi connectivity index (χ0v) is 13.1. The van der Waals surface area contributed by atoms with Gasteiger partial charge in [0.2, 0.25) is 0 Å². The highest BCUT2D eigenvalue weighted by molar-refractivity contribution is 5.97. The Morgan fingerprint density at radius 2 is 2.27 bits per heavy atom. The molecule has 6 nitrogen and oxygen atoms in total. The molecule has 0 saturated heterocycles. The van der Waals surface area contributed by atoms with Gasteiger partial charge in [-0.2, -0.15) is 5.26 Å². The third-order valence-corrected chi connectivity index (χ3v) is 3.35. The van der Waals surface area contributed by atoms with E-state index in [0.717, 1.165) is 30.5 Å². The Kier molecular flexibility index (Phi) is 9.12. The number of hydrogen-bond acceptors (Lipinski definition) is 6. The summed E-state index contributed by atoms with van der Waals surface area (Å²) in [5.41, 5.74) is 1.70. The van der Waals surface area contributed by atoms with Crippen molar-refractivity contribution in [3.8, 4) is 6.07 Å². The van der Waals surface area contributed by atoms with Crippen LogP contribution in [0.4, 0.5) is 0 Å². The number of allylic oxidation sites excluding steroid dienone is 1. The van der Waals surface area contributed by atoms with Gasteiger partial charge >= 0.3 is 5.97 Å². The average Bonchev–Trinajstić information content (AvgIpc) is 2.53. The van der Waals surface area contributed by atoms with Gasteiger partial charge in [-0.1, -0.05) is 0 Å². The van der Waals surface area contributed by atoms with Crippen molar-refractivity contribution in [2.75, 3.05) is 33.5 Å². The number of ether oxygens (including phenoxy) is 2. The van der Waals surface area contributed by atoms with Gasteiger partial charge in [0.1, 0.15) is 0 Å². The quantitative estimate of drug-likeness (QED) is 0.516. The molecule has 6 heteroatoms. The standard InChI is InChI=1S/C16H24N2O4/c1-21-9-3-7-18-14-6-2-5-13(11-14)15(12-17)16(20)22-10-4-8-19/h11,15,19H,2-10H2,1H3. The van der Waals surface area contributed by atoms with Crippen LogP contribution in [0.25, 0.3) is 0 Å². The molecule has 0 aromatic carbocycles. The second-order valence-corrected chi connectivity index (χ2v) is 5.10. The number of aliphatic imine (C=N–C) groups is 1. The summed E-state index contributed by atoms with van der Waals surface area (Å²) in [6.07, 6.45) is 5.57. The van der Waals surface area contributed by atoms with Crippen LogP contribution in [-0.4, -0.2) is 50.3 Å². The minimum atomic E-state index is -0.872. The Morgan fingerprint density at radius 1 is 1.45 bits per heavy atom. The molecule has 0 amide bonds. The minimum Gasteiger partial charge on any atom is -0.464 e. The number of nitrogens with zero attached hydrogens (tertiary/aromatic N) is 2. The van der Waals surface area contributed by atoms with E-state index in [4.69, 9.17) is 14.6 Å². The first-order chi connectivity index (χ1) is 10.7. The highest BCUT2D eigenvalue weighted by atomic mass is 16.5. The summed E-state index contributed by atoms with van der Waals surface area (Å²) in [5.74, 6) is -1.41. The zero-order chi connectivity index (χ0) is 16.2. The fourth-order valence-electron chi connectivity index (χ4n) is 2.22. The van der Waals surface area contributed by atoms with Crippen molar-refractivity contribution < 1.29 is 19.4 Å². The van der Waals surface area contributed by atoms with Crippen LogP contribution >= 0.6 is 0 Å². The Labute approximate surface area is 131 Å². The lowest BCUT2D eigenvalue weighted by Gasteiger charge is -2.18. The second-order valence-electron chi connectivity index (χ2n) is 5.10. The van der Waals surface area contributed by atoms with Gasteiger partial charge in [-0.05, 0) is 37.3 Å². The Balaban J connectivity index is 2.64. The molecule has 1 rings (SSSR count). The van der Waals surface area contributed by atoms with Gasteiger partial charge in [0.15, 0.2) is 5.92 Å². The highest BCUT2D eigenvalue weighted by Gasteiger charge is 2.26. The maximum absolute atomic E-state index is 11.9. The molecule has 1 N–H and O–H groups in total. The topological polar surface area (TPSA) is 91.9 Å². The maximum Gasteiger partial charge on any atom is 0.327 e. The van der Waals surface area contributed by atoms with Gasteiger partial charge in [0, 0.05) is 39.0 Å². The molecule has 22 heavy (non-hydrogen) atoms. The summed E-state index contributed by atoms with van der Waals surface area (Å²) in [7, 11) is 1.66. The van der Waals surface area contributed by atoms with Crippen molar-refractivity contribution in [1.29, 1.82) is 5.26 Å². The van der Waals surface area contributed by atoms with Gasteiger partial charge in [-0.25, -0.2) is 0 Å². The Bertz CT molecular complexity index is 452. The van der Waals surface area contributed by atoms with Gasteiger partial charge in [0.25, 0.3) is 0 Å². The maximum atomic E-state index is 11.9. The molecule has 1 aliphatic carbocycles. The summed E-state index contributed by atoms with van der Waals surface area (Å²) < 4.78 is 10.00. The van der Waals surface area contributed by atoms with Crippen LogP contribution in [0.2, 0.25) is 0 Å². The third-order valence-electron chi connectivity index (χ3n) is 3.35. The van der Waals surface area contributed by atoms with Crippen LogP contribution < -0.4 is 0 Å². The van der Waals surface area contributed by atoms with Crippen molar-refractivity contribution in [3.63, 3.8) is 0 Å². The first-order valence-corrected chi connectivity index (χ1v) is 7.62. The fourth-order valence-corrected chi connectivity index (χ4v) is 2.22. The summed E-state index contributed by atoms with van der Waals surface area (Å²) in [6, 6.07) is 2.02. The average molecular weight is 308 g/mol. The van der Waals surface area contributed by atoms with Gasteiger partial charge < -0.3 is 14.6 Å². The number of nitriles is 1. The number of aliphatic hydroxyl groups is 1. The predicted octanol–water partition coefficient (Wildman–Crippen LogP) is 1.64. The number of hydrogen-bond donors (Lipinski definition) is 1. The smallest absolute Gasteiger partial charge is 0.327 e. The van der Waals surface area contributed by atoms with Crippen LogP contribution in [0, 0.1) is 17.2 Å². The predicted molar refractivity (Wildman–Crippen MR) is 82.5 cm³/mol. The molecule has 0 spiro atoms. The molecule has 1 aliphatic rings. The molecule has 1 atom stereocenters. The summed E-state index contributed by atoms with van der Waals surface area (Å²) >= 11 is 0. The normalized spacial score (nSPS) is 17.7. The van der Waals surface area contributed by atoms with Gasteiger partial charge in [0.05, 0.1) is 12.7 Å². The molecule has 0 saturated carbocycles. The van der Waals surface area contributed by atoms with Gasteiger partial charge in [-0.15, -0.1) is 0 Å². The van der Waals surface area contributed by atoms with Crippen LogP contribution in [0.5, 0.6) is 0 Å². The van der Waals surface area contributed by atoms with E-state index in [-0.39, 0.29) is 13.2 Å². The molecule has 122 valence electrons. The van der Waals surface area contributed by atoms with Crippen molar-refractivity contribution in [2.24, 2.45) is 10.9 Å². The summed E-state index contributed by atoms with van der Waals surface area (Å²) in [4.78, 5) is 16.4. The van der Waals surface area contributed by atoms with E-state index in [9.17, 15) is 10.1 Å². The molecular formula is C16H24N2O4. The van der Waals surface area contributed by atoms with Crippen LogP contribution in [0.3, 0.4) is 0 Å². The molecule has 0 heterocycles. The molecular weight excluding hydrogens is 284 g/mol. The molecule has 1 unspecified atom stereocenters. The molecule has 0 fully saturated rings. The lowest BCUT2D eigenvalue weighted by atomic mass is 9.89. The van der Waals surface area contributed by atoms with Crippen LogP contribution in [0.1, 0.15) is 32.1 Å². The second kappa shape index (κ2) is 10.9. The Morgan fingerprint density at radius 3 is 2.95 bits per heavy atom. The van der Waals surface area contributed by atoms with Crippen LogP contribution in [0.15, 0.2) is 16.6 Å². The van der Waals surface area contributed by atoms with Crippen molar-refractivity contribution >= 4 is 11.7 Å². The number of rotatable bonds is 9. The number of carbonyl (C=O) groups is 1. The monoisotopic (exact) mass is 308 g/mol. The van der Waals surface area contributed by atoms with E-state index in [2.05, 4.69) is 4.99 Å². The summed E-state index contributed by atoms with van der Waals surface area (Å²) in [5, 5.41) is 17.9. The lowest BCUT2D eigenvalue weighted by molar-refractivity contribution is -0.145. The van der Waals surface area contributed by atoms with E-state index < -0.39 is 11.9 Å². The zero-order valence-electron chi connectivity index (χ0n) is 13.1. The minimum absolute atomic E-state index is 0.0362. The van der Waals surface area contributed by atoms with Crippen molar-refractivity contribution in [3.05, 3.63) is 11.6 Å². The van der Waals surface area contributed by atoms with Crippen molar-refractivity contribution in [2.45, 2.75) is 32.1 Å². The fraction of sp³-hybridized carbons (Fsp3) is 0.688. The lowest BCUT2D eigenvalue weighted by Crippen LogP contribution is -2.21. The first-order valence-electron chi connectivity index (χ1n) is 7.62. The van der Waals surface area contributed by atoms with E-state index in [1.807, 2.05) is 12.1 Å². The number of esters is 1. The van der Waals surface area contributed by atoms with E-state index >= 15 is 0 Å². The van der Waals surface area contributed by atoms with Gasteiger partial charge in [-0.3, -0.25) is 9.79 Å². The highest BCUT2D eigenvalue weighted by Crippen LogP contribution is 2.24. The number of methoxy groups -OCH3 is 1. The molecule has 0 bridgehead atoms. The van der Waals surface area contributed by atoms with E-state index in [1.165, 1.54) is 0 Å². The van der Waals surface area contributed by atoms with E-state index in [1.54, 1.807) is 7.11 Å². The number of carbonyl (C=O) groups excluding carboxylic acids is 1. The molecule has 0 aliphatic heterocycles. The van der Waals surface area contributed by atoms with Crippen molar-refractivity contribution in [1.82, 2.24) is 0 Å². The Hall–Kier alpha value is -1.71. The molecule has 0 aromatic rings. The van der Waals surface area contributed by atoms with E-state index in [0.29, 0.717) is 26.0 Å². The summed E-state index contributed by atoms with van der Waals surface area (Å²) in [6.45, 7) is 1.46.